The third-order valence-corrected chi connectivity index (χ3v) is 3.89. The Balaban J connectivity index is 1.69. The Morgan fingerprint density at radius 3 is 2.73 bits per heavy atom. The molecule has 2 N–H and O–H groups in total. The Morgan fingerprint density at radius 2 is 1.92 bits per heavy atom. The number of aromatic hydroxyl groups is 1. The number of para-hydroxylation sites is 1. The van der Waals surface area contributed by atoms with Crippen LogP contribution in [0, 0.1) is 6.92 Å². The van der Waals surface area contributed by atoms with E-state index in [0.29, 0.717) is 11.5 Å². The largest absolute Gasteiger partial charge is 0.508 e. The number of hydrazone groups is 1. The number of phenols is 1. The van der Waals surface area contributed by atoms with Crippen molar-refractivity contribution in [3.05, 3.63) is 72.2 Å². The van der Waals surface area contributed by atoms with Gasteiger partial charge in [0.25, 0.3) is 0 Å². The van der Waals surface area contributed by atoms with Crippen LogP contribution >= 0.6 is 0 Å². The summed E-state index contributed by atoms with van der Waals surface area (Å²) in [6, 6.07) is 16.7. The summed E-state index contributed by atoms with van der Waals surface area (Å²) in [5, 5.41) is 19.1. The summed E-state index contributed by atoms with van der Waals surface area (Å²) in [6.07, 6.45) is 3.10. The van der Waals surface area contributed by atoms with Crippen LogP contribution in [0.4, 0.5) is 5.82 Å². The molecule has 2 aromatic carbocycles. The number of rotatable bonds is 4. The normalized spacial score (nSPS) is 11.3. The maximum atomic E-state index is 9.50. The highest BCUT2D eigenvalue weighted by Gasteiger charge is 2.14. The number of nitrogens with one attached hydrogen (secondary N) is 1. The summed E-state index contributed by atoms with van der Waals surface area (Å²) < 4.78 is 1.79. The Labute approximate surface area is 149 Å². The van der Waals surface area contributed by atoms with E-state index in [1.807, 2.05) is 43.3 Å². The molecular formula is C19H16N6O. The van der Waals surface area contributed by atoms with Crippen LogP contribution in [0.3, 0.4) is 0 Å². The van der Waals surface area contributed by atoms with E-state index in [0.717, 1.165) is 22.3 Å². The third kappa shape index (κ3) is 2.98. The van der Waals surface area contributed by atoms with Gasteiger partial charge in [0.2, 0.25) is 0 Å². The summed E-state index contributed by atoms with van der Waals surface area (Å²) >= 11 is 0. The van der Waals surface area contributed by atoms with Crippen LogP contribution in [0.5, 0.6) is 5.75 Å². The molecule has 2 heterocycles. The van der Waals surface area contributed by atoms with Crippen LogP contribution < -0.4 is 5.43 Å². The number of fused-ring (bicyclic) bond motifs is 1. The summed E-state index contributed by atoms with van der Waals surface area (Å²) in [7, 11) is 0. The van der Waals surface area contributed by atoms with Crippen LogP contribution in [-0.2, 0) is 0 Å². The maximum absolute atomic E-state index is 9.50. The first-order valence-electron chi connectivity index (χ1n) is 8.06. The van der Waals surface area contributed by atoms with Gasteiger partial charge in [0, 0.05) is 0 Å². The molecule has 7 nitrogen and oxygen atoms in total. The van der Waals surface area contributed by atoms with Crippen molar-refractivity contribution < 1.29 is 5.11 Å². The molecule has 0 fully saturated rings. The monoisotopic (exact) mass is 344 g/mol. The molecule has 0 bridgehead atoms. The molecular weight excluding hydrogens is 328 g/mol. The zero-order chi connectivity index (χ0) is 17.9. The second-order valence-electron chi connectivity index (χ2n) is 5.72. The highest BCUT2D eigenvalue weighted by Crippen LogP contribution is 2.25. The zero-order valence-corrected chi connectivity index (χ0v) is 14.0. The fourth-order valence-electron chi connectivity index (χ4n) is 2.72. The van der Waals surface area contributed by atoms with Gasteiger partial charge in [0.05, 0.1) is 23.0 Å². The minimum Gasteiger partial charge on any atom is -0.508 e. The van der Waals surface area contributed by atoms with Crippen LogP contribution in [0.15, 0.2) is 66.0 Å². The van der Waals surface area contributed by atoms with Crippen molar-refractivity contribution in [3.8, 4) is 11.4 Å². The molecule has 4 aromatic rings. The summed E-state index contributed by atoms with van der Waals surface area (Å²) in [5.41, 5.74) is 6.16. The third-order valence-electron chi connectivity index (χ3n) is 3.89. The van der Waals surface area contributed by atoms with Crippen molar-refractivity contribution in [2.45, 2.75) is 6.92 Å². The minimum atomic E-state index is 0.193. The van der Waals surface area contributed by atoms with Crippen molar-refractivity contribution in [2.75, 3.05) is 5.43 Å². The van der Waals surface area contributed by atoms with Crippen LogP contribution in [0.1, 0.15) is 11.3 Å². The number of phenolic OH excluding ortho intramolecular Hbond substituents is 1. The first-order chi connectivity index (χ1) is 12.7. The number of anilines is 1. The van der Waals surface area contributed by atoms with E-state index in [1.54, 1.807) is 29.1 Å². The molecule has 128 valence electrons. The van der Waals surface area contributed by atoms with E-state index < -0.39 is 0 Å². The van der Waals surface area contributed by atoms with E-state index in [9.17, 15) is 5.11 Å². The molecule has 0 amide bonds. The molecule has 0 atom stereocenters. The average molecular weight is 344 g/mol. The lowest BCUT2D eigenvalue weighted by Gasteiger charge is -2.03. The highest BCUT2D eigenvalue weighted by atomic mass is 16.3. The molecule has 0 saturated carbocycles. The zero-order valence-electron chi connectivity index (χ0n) is 14.0. The molecule has 0 saturated heterocycles. The van der Waals surface area contributed by atoms with Gasteiger partial charge in [-0.1, -0.05) is 30.3 Å². The van der Waals surface area contributed by atoms with Crippen LogP contribution in [-0.4, -0.2) is 31.1 Å². The van der Waals surface area contributed by atoms with Crippen molar-refractivity contribution in [1.82, 2.24) is 19.7 Å². The summed E-state index contributed by atoms with van der Waals surface area (Å²) in [5.74, 6) is 0.768. The Morgan fingerprint density at radius 1 is 1.08 bits per heavy atom. The fourth-order valence-corrected chi connectivity index (χ4v) is 2.72. The van der Waals surface area contributed by atoms with Crippen molar-refractivity contribution in [2.24, 2.45) is 5.10 Å². The standard InChI is InChI=1S/C19H16N6O/c1-13-17-18(23-22-11-14-6-5-9-16(26)10-14)20-12-21-19(17)25(24-13)15-7-3-2-4-8-15/h2-12,26H,1H3,(H,20,21,23)/b22-11+. The number of benzene rings is 2. The van der Waals surface area contributed by atoms with E-state index >= 15 is 0 Å². The number of aryl methyl sites for hydroxylation is 1. The minimum absolute atomic E-state index is 0.193. The molecule has 4 rings (SSSR count). The highest BCUT2D eigenvalue weighted by molar-refractivity contribution is 5.90. The van der Waals surface area contributed by atoms with E-state index in [1.165, 1.54) is 6.33 Å². The van der Waals surface area contributed by atoms with Gasteiger partial charge in [-0.2, -0.15) is 10.2 Å². The van der Waals surface area contributed by atoms with E-state index in [2.05, 4.69) is 25.6 Å². The molecule has 0 radical (unpaired) electrons. The molecule has 0 aliphatic heterocycles. The van der Waals surface area contributed by atoms with Gasteiger partial charge in [-0.3, -0.25) is 5.43 Å². The van der Waals surface area contributed by atoms with Gasteiger partial charge in [0.15, 0.2) is 11.5 Å². The van der Waals surface area contributed by atoms with Crippen LogP contribution in [0.2, 0.25) is 0 Å². The Bertz CT molecular complexity index is 1090. The fraction of sp³-hybridized carbons (Fsp3) is 0.0526. The van der Waals surface area contributed by atoms with Gasteiger partial charge in [-0.05, 0) is 36.8 Å². The molecule has 0 spiro atoms. The average Bonchev–Trinajstić information content (AvgIpc) is 3.00. The second-order valence-corrected chi connectivity index (χ2v) is 5.72. The first kappa shape index (κ1) is 15.8. The van der Waals surface area contributed by atoms with Crippen molar-refractivity contribution in [3.63, 3.8) is 0 Å². The molecule has 0 unspecified atom stereocenters. The van der Waals surface area contributed by atoms with Crippen LogP contribution in [0.25, 0.3) is 16.7 Å². The van der Waals surface area contributed by atoms with Crippen molar-refractivity contribution >= 4 is 23.1 Å². The van der Waals surface area contributed by atoms with Gasteiger partial charge in [-0.15, -0.1) is 0 Å². The Kier molecular flexibility index (Phi) is 4.03. The lowest BCUT2D eigenvalue weighted by atomic mass is 10.2. The SMILES string of the molecule is Cc1nn(-c2ccccc2)c2ncnc(N/N=C/c3cccc(O)c3)c12. The van der Waals surface area contributed by atoms with Gasteiger partial charge in [-0.25, -0.2) is 14.6 Å². The van der Waals surface area contributed by atoms with E-state index in [4.69, 9.17) is 0 Å². The predicted molar refractivity (Wildman–Crippen MR) is 101 cm³/mol. The molecule has 0 aliphatic rings. The number of hydrogen-bond donors (Lipinski definition) is 2. The second kappa shape index (κ2) is 6.64. The molecule has 26 heavy (non-hydrogen) atoms. The summed E-state index contributed by atoms with van der Waals surface area (Å²) in [4.78, 5) is 8.67. The number of nitrogens with zero attached hydrogens (tertiary/aromatic N) is 5. The van der Waals surface area contributed by atoms with Crippen molar-refractivity contribution in [1.29, 1.82) is 0 Å². The smallest absolute Gasteiger partial charge is 0.168 e. The molecule has 2 aromatic heterocycles. The lowest BCUT2D eigenvalue weighted by molar-refractivity contribution is 0.475. The van der Waals surface area contributed by atoms with E-state index in [-0.39, 0.29) is 5.75 Å². The molecule has 7 heteroatoms. The molecule has 0 aliphatic carbocycles. The van der Waals surface area contributed by atoms with Gasteiger partial charge < -0.3 is 5.11 Å². The summed E-state index contributed by atoms with van der Waals surface area (Å²) in [6.45, 7) is 1.91. The maximum Gasteiger partial charge on any atom is 0.168 e. The van der Waals surface area contributed by atoms with Gasteiger partial charge in [0.1, 0.15) is 12.1 Å². The number of aromatic nitrogens is 4. The first-order valence-corrected chi connectivity index (χ1v) is 8.06. The topological polar surface area (TPSA) is 88.2 Å². The number of hydrogen-bond acceptors (Lipinski definition) is 6. The Hall–Kier alpha value is -3.74. The lowest BCUT2D eigenvalue weighted by Crippen LogP contribution is -1.99. The van der Waals surface area contributed by atoms with Gasteiger partial charge >= 0.3 is 0 Å². The predicted octanol–water partition coefficient (Wildman–Crippen LogP) is 3.28. The quantitative estimate of drug-likeness (QED) is 0.438.